The van der Waals surface area contributed by atoms with Crippen LogP contribution in [0.3, 0.4) is 0 Å². The van der Waals surface area contributed by atoms with Gasteiger partial charge in [0.25, 0.3) is 0 Å². The van der Waals surface area contributed by atoms with Gasteiger partial charge in [-0.1, -0.05) is 52.4 Å². The molecule has 0 radical (unpaired) electrons. The lowest BCUT2D eigenvalue weighted by Crippen LogP contribution is -2.21. The second kappa shape index (κ2) is 9.07. The van der Waals surface area contributed by atoms with Gasteiger partial charge in [0.2, 0.25) is 0 Å². The van der Waals surface area contributed by atoms with Gasteiger partial charge in [0.15, 0.2) is 0 Å². The maximum Gasteiger partial charge on any atom is 0.123 e. The van der Waals surface area contributed by atoms with Crippen molar-refractivity contribution in [1.82, 2.24) is 0 Å². The van der Waals surface area contributed by atoms with Gasteiger partial charge in [-0.25, -0.2) is 0 Å². The van der Waals surface area contributed by atoms with Gasteiger partial charge in [-0.2, -0.15) is 0 Å². The Morgan fingerprint density at radius 2 is 1.72 bits per heavy atom. The van der Waals surface area contributed by atoms with Gasteiger partial charge in [0.05, 0.1) is 0 Å². The van der Waals surface area contributed by atoms with Crippen LogP contribution in [0.1, 0.15) is 66.2 Å². The molecule has 0 amide bonds. The molecule has 0 aromatic heterocycles. The summed E-state index contributed by atoms with van der Waals surface area (Å²) in [5.41, 5.74) is -0.927. The van der Waals surface area contributed by atoms with E-state index >= 15 is 0 Å². The number of terminal acetylenes is 1. The highest BCUT2D eigenvalue weighted by Crippen LogP contribution is 2.20. The molecular weight excluding hydrogens is 220 g/mol. The van der Waals surface area contributed by atoms with Crippen LogP contribution in [-0.4, -0.2) is 10.7 Å². The third kappa shape index (κ3) is 10.2. The van der Waals surface area contributed by atoms with Crippen LogP contribution < -0.4 is 0 Å². The Hall–Kier alpha value is -0.920. The predicted octanol–water partition coefficient (Wildman–Crippen LogP) is 4.01. The van der Waals surface area contributed by atoms with Crippen LogP contribution in [0.25, 0.3) is 0 Å². The van der Waals surface area contributed by atoms with E-state index < -0.39 is 5.60 Å². The minimum atomic E-state index is -0.927. The van der Waals surface area contributed by atoms with Gasteiger partial charge >= 0.3 is 0 Å². The number of hydrogen-bond donors (Lipinski definition) is 1. The molecule has 1 heteroatoms. The molecule has 0 bridgehead atoms. The van der Waals surface area contributed by atoms with Crippen LogP contribution >= 0.6 is 0 Å². The normalized spacial score (nSPS) is 15.4. The van der Waals surface area contributed by atoms with Crippen molar-refractivity contribution in [2.45, 2.75) is 71.8 Å². The first-order chi connectivity index (χ1) is 8.37. The zero-order valence-electron chi connectivity index (χ0n) is 12.4. The minimum absolute atomic E-state index is 0.705. The van der Waals surface area contributed by atoms with E-state index in [1.165, 1.54) is 19.3 Å². The first-order valence-electron chi connectivity index (χ1n) is 7.07. The molecule has 0 fully saturated rings. The molecule has 102 valence electrons. The molecular formula is C17H28O. The average Bonchev–Trinajstić information content (AvgIpc) is 2.25. The minimum Gasteiger partial charge on any atom is -0.378 e. The van der Waals surface area contributed by atoms with Gasteiger partial charge in [-0.3, -0.25) is 0 Å². The zero-order chi connectivity index (χ0) is 14.0. The van der Waals surface area contributed by atoms with Crippen LogP contribution in [0, 0.1) is 36.0 Å². The topological polar surface area (TPSA) is 20.2 Å². The maximum absolute atomic E-state index is 9.94. The molecule has 0 saturated carbocycles. The summed E-state index contributed by atoms with van der Waals surface area (Å²) < 4.78 is 0. The Morgan fingerprint density at radius 1 is 1.11 bits per heavy atom. The van der Waals surface area contributed by atoms with Crippen molar-refractivity contribution in [3.05, 3.63) is 0 Å². The molecule has 0 aromatic rings. The Balaban J connectivity index is 3.74. The molecule has 1 N–H and O–H groups in total. The number of rotatable bonds is 8. The summed E-state index contributed by atoms with van der Waals surface area (Å²) in [6.45, 7) is 8.57. The molecule has 1 nitrogen and oxygen atoms in total. The summed E-state index contributed by atoms with van der Waals surface area (Å²) >= 11 is 0. The highest BCUT2D eigenvalue weighted by atomic mass is 16.3. The van der Waals surface area contributed by atoms with E-state index in [0.717, 1.165) is 24.7 Å². The molecule has 0 aliphatic rings. The molecule has 2 atom stereocenters. The first kappa shape index (κ1) is 17.1. The molecule has 0 aliphatic carbocycles. The fourth-order valence-electron chi connectivity index (χ4n) is 2.05. The second-order valence-corrected chi connectivity index (χ2v) is 5.99. The van der Waals surface area contributed by atoms with Crippen LogP contribution in [-0.2, 0) is 0 Å². The van der Waals surface area contributed by atoms with E-state index in [1.807, 2.05) is 0 Å². The smallest absolute Gasteiger partial charge is 0.123 e. The summed E-state index contributed by atoms with van der Waals surface area (Å²) in [4.78, 5) is 0. The van der Waals surface area contributed by atoms with Crippen molar-refractivity contribution >= 4 is 0 Å². The van der Waals surface area contributed by atoms with E-state index in [-0.39, 0.29) is 0 Å². The molecule has 0 saturated heterocycles. The highest BCUT2D eigenvalue weighted by Gasteiger charge is 2.16. The molecule has 0 rings (SSSR count). The standard InChI is InChI=1S/C17H28O/c1-6-7-13-17(5,18)14-9-12-16(4)11-8-10-15(2)3/h1,15-16,18H,8-12,14H2,2-5H3. The van der Waals surface area contributed by atoms with Crippen molar-refractivity contribution in [3.63, 3.8) is 0 Å². The van der Waals surface area contributed by atoms with E-state index in [4.69, 9.17) is 6.42 Å². The molecule has 18 heavy (non-hydrogen) atoms. The summed E-state index contributed by atoms with van der Waals surface area (Å²) in [6.07, 6.45) is 11.8. The van der Waals surface area contributed by atoms with Crippen LogP contribution in [0.15, 0.2) is 0 Å². The lowest BCUT2D eigenvalue weighted by atomic mass is 9.92. The first-order valence-corrected chi connectivity index (χ1v) is 7.07. The summed E-state index contributed by atoms with van der Waals surface area (Å²) in [5, 5.41) is 9.94. The lowest BCUT2D eigenvalue weighted by Gasteiger charge is -2.18. The monoisotopic (exact) mass is 248 g/mol. The molecule has 0 aromatic carbocycles. The van der Waals surface area contributed by atoms with Crippen molar-refractivity contribution in [2.75, 3.05) is 0 Å². The van der Waals surface area contributed by atoms with Crippen molar-refractivity contribution in [3.8, 4) is 24.2 Å². The van der Waals surface area contributed by atoms with Crippen molar-refractivity contribution in [1.29, 1.82) is 0 Å². The fourth-order valence-corrected chi connectivity index (χ4v) is 2.05. The van der Waals surface area contributed by atoms with Gasteiger partial charge in [0, 0.05) is 0 Å². The zero-order valence-corrected chi connectivity index (χ0v) is 12.4. The molecule has 0 aliphatic heterocycles. The Kier molecular flexibility index (Phi) is 8.61. The molecule has 2 unspecified atom stereocenters. The number of hydrogen-bond acceptors (Lipinski definition) is 1. The van der Waals surface area contributed by atoms with E-state index in [0.29, 0.717) is 6.42 Å². The second-order valence-electron chi connectivity index (χ2n) is 5.99. The third-order valence-electron chi connectivity index (χ3n) is 3.24. The van der Waals surface area contributed by atoms with Gasteiger partial charge in [0.1, 0.15) is 5.60 Å². The van der Waals surface area contributed by atoms with Crippen molar-refractivity contribution in [2.24, 2.45) is 11.8 Å². The highest BCUT2D eigenvalue weighted by molar-refractivity contribution is 5.26. The average molecular weight is 248 g/mol. The summed E-state index contributed by atoms with van der Waals surface area (Å²) in [5.74, 6) is 8.99. The lowest BCUT2D eigenvalue weighted by molar-refractivity contribution is 0.107. The van der Waals surface area contributed by atoms with Crippen LogP contribution in [0.4, 0.5) is 0 Å². The quantitative estimate of drug-likeness (QED) is 0.644. The Morgan fingerprint density at radius 3 is 2.28 bits per heavy atom. The van der Waals surface area contributed by atoms with E-state index in [2.05, 4.69) is 38.5 Å². The summed E-state index contributed by atoms with van der Waals surface area (Å²) in [6, 6.07) is 0. The SMILES string of the molecule is C#CC#CC(C)(O)CCCC(C)CCCC(C)C. The van der Waals surface area contributed by atoms with Crippen LogP contribution in [0.2, 0.25) is 0 Å². The van der Waals surface area contributed by atoms with E-state index in [9.17, 15) is 5.11 Å². The van der Waals surface area contributed by atoms with Gasteiger partial charge in [-0.15, -0.1) is 6.42 Å². The Bertz CT molecular complexity index is 309. The molecule has 0 heterocycles. The van der Waals surface area contributed by atoms with Crippen molar-refractivity contribution < 1.29 is 5.11 Å². The molecule has 0 spiro atoms. The fraction of sp³-hybridized carbons (Fsp3) is 0.765. The van der Waals surface area contributed by atoms with E-state index in [1.54, 1.807) is 6.92 Å². The summed E-state index contributed by atoms with van der Waals surface area (Å²) in [7, 11) is 0. The van der Waals surface area contributed by atoms with Crippen LogP contribution in [0.5, 0.6) is 0 Å². The Labute approximate surface area is 113 Å². The predicted molar refractivity (Wildman–Crippen MR) is 78.9 cm³/mol. The van der Waals surface area contributed by atoms with Gasteiger partial charge in [-0.05, 0) is 43.4 Å². The largest absolute Gasteiger partial charge is 0.378 e. The van der Waals surface area contributed by atoms with Gasteiger partial charge < -0.3 is 5.11 Å². The maximum atomic E-state index is 9.94. The third-order valence-corrected chi connectivity index (χ3v) is 3.24. The number of aliphatic hydroxyl groups is 1.